The number of phenolic OH excluding ortho intramolecular Hbond substituents is 1. The fourth-order valence-corrected chi connectivity index (χ4v) is 4.45. The third-order valence-corrected chi connectivity index (χ3v) is 6.23. The second kappa shape index (κ2) is 11.4. The lowest BCUT2D eigenvalue weighted by Gasteiger charge is -2.19. The SMILES string of the molecule is CC(O)COc1ccc2cc(O)ccc2c1Cc1ccc(OCCN2CCCCCC2)cc1. The van der Waals surface area contributed by atoms with Gasteiger partial charge in [0.05, 0.1) is 6.10 Å². The maximum Gasteiger partial charge on any atom is 0.123 e. The summed E-state index contributed by atoms with van der Waals surface area (Å²) in [7, 11) is 0. The summed E-state index contributed by atoms with van der Waals surface area (Å²) in [6, 6.07) is 17.5. The molecule has 1 atom stereocenters. The molecule has 0 aromatic heterocycles. The second-order valence-electron chi connectivity index (χ2n) is 9.03. The van der Waals surface area contributed by atoms with Crippen LogP contribution in [0.25, 0.3) is 10.8 Å². The lowest BCUT2D eigenvalue weighted by Crippen LogP contribution is -2.29. The van der Waals surface area contributed by atoms with Crippen LogP contribution < -0.4 is 9.47 Å². The van der Waals surface area contributed by atoms with Crippen molar-refractivity contribution in [2.45, 2.75) is 45.1 Å². The Bertz CT molecular complexity index is 1020. The summed E-state index contributed by atoms with van der Waals surface area (Å²) in [5, 5.41) is 21.5. The van der Waals surface area contributed by atoms with E-state index in [9.17, 15) is 10.2 Å². The first-order valence-electron chi connectivity index (χ1n) is 12.1. The van der Waals surface area contributed by atoms with E-state index in [1.807, 2.05) is 30.3 Å². The number of aliphatic hydroxyl groups excluding tert-OH is 1. The molecule has 1 fully saturated rings. The van der Waals surface area contributed by atoms with Gasteiger partial charge in [-0.2, -0.15) is 0 Å². The topological polar surface area (TPSA) is 62.2 Å². The summed E-state index contributed by atoms with van der Waals surface area (Å²) >= 11 is 0. The lowest BCUT2D eigenvalue weighted by molar-refractivity contribution is 0.122. The third kappa shape index (κ3) is 6.62. The van der Waals surface area contributed by atoms with E-state index in [-0.39, 0.29) is 12.4 Å². The summed E-state index contributed by atoms with van der Waals surface area (Å²) in [6.45, 7) is 6.01. The monoisotopic (exact) mass is 449 g/mol. The van der Waals surface area contributed by atoms with E-state index in [1.54, 1.807) is 19.1 Å². The van der Waals surface area contributed by atoms with Gasteiger partial charge in [0.1, 0.15) is 30.5 Å². The molecule has 4 rings (SSSR count). The highest BCUT2D eigenvalue weighted by molar-refractivity contribution is 5.89. The van der Waals surface area contributed by atoms with Gasteiger partial charge < -0.3 is 19.7 Å². The average Bonchev–Trinajstić information content (AvgIpc) is 3.08. The van der Waals surface area contributed by atoms with Crippen LogP contribution >= 0.6 is 0 Å². The molecule has 5 heteroatoms. The zero-order valence-corrected chi connectivity index (χ0v) is 19.5. The Hall–Kier alpha value is -2.76. The molecular weight excluding hydrogens is 414 g/mol. The van der Waals surface area contributed by atoms with E-state index in [2.05, 4.69) is 17.0 Å². The third-order valence-electron chi connectivity index (χ3n) is 6.23. The average molecular weight is 450 g/mol. The molecule has 3 aromatic rings. The maximum atomic E-state index is 9.87. The molecule has 1 saturated heterocycles. The van der Waals surface area contributed by atoms with Crippen molar-refractivity contribution < 1.29 is 19.7 Å². The van der Waals surface area contributed by atoms with E-state index in [1.165, 1.54) is 38.8 Å². The van der Waals surface area contributed by atoms with Gasteiger partial charge in [-0.05, 0) is 79.5 Å². The number of ether oxygens (including phenoxy) is 2. The number of nitrogens with zero attached hydrogens (tertiary/aromatic N) is 1. The first-order valence-corrected chi connectivity index (χ1v) is 12.1. The predicted molar refractivity (Wildman–Crippen MR) is 132 cm³/mol. The van der Waals surface area contributed by atoms with Gasteiger partial charge in [-0.3, -0.25) is 4.90 Å². The van der Waals surface area contributed by atoms with E-state index in [0.29, 0.717) is 13.0 Å². The molecule has 1 heterocycles. The minimum absolute atomic E-state index is 0.236. The Morgan fingerprint density at radius 1 is 0.909 bits per heavy atom. The fourth-order valence-electron chi connectivity index (χ4n) is 4.45. The van der Waals surface area contributed by atoms with Gasteiger partial charge in [0, 0.05) is 18.5 Å². The minimum atomic E-state index is -0.542. The molecule has 0 amide bonds. The zero-order chi connectivity index (χ0) is 23.0. The van der Waals surface area contributed by atoms with Crippen molar-refractivity contribution >= 4 is 10.8 Å². The molecule has 1 aliphatic heterocycles. The lowest BCUT2D eigenvalue weighted by atomic mass is 9.97. The van der Waals surface area contributed by atoms with Crippen LogP contribution in [0.3, 0.4) is 0 Å². The van der Waals surface area contributed by atoms with Gasteiger partial charge >= 0.3 is 0 Å². The van der Waals surface area contributed by atoms with Crippen molar-refractivity contribution in [2.24, 2.45) is 0 Å². The molecule has 0 spiro atoms. The summed E-state index contributed by atoms with van der Waals surface area (Å²) < 4.78 is 11.9. The molecule has 0 radical (unpaired) electrons. The summed E-state index contributed by atoms with van der Waals surface area (Å²) in [4.78, 5) is 2.51. The largest absolute Gasteiger partial charge is 0.508 e. The van der Waals surface area contributed by atoms with E-state index in [4.69, 9.17) is 9.47 Å². The van der Waals surface area contributed by atoms with Crippen molar-refractivity contribution in [1.82, 2.24) is 4.90 Å². The number of benzene rings is 3. The highest BCUT2D eigenvalue weighted by atomic mass is 16.5. The Morgan fingerprint density at radius 2 is 1.67 bits per heavy atom. The van der Waals surface area contributed by atoms with Crippen molar-refractivity contribution in [3.63, 3.8) is 0 Å². The molecule has 0 aliphatic carbocycles. The number of hydrogen-bond donors (Lipinski definition) is 2. The molecule has 5 nitrogen and oxygen atoms in total. The quantitative estimate of drug-likeness (QED) is 0.473. The van der Waals surface area contributed by atoms with Crippen molar-refractivity contribution in [1.29, 1.82) is 0 Å². The van der Waals surface area contributed by atoms with Gasteiger partial charge in [-0.25, -0.2) is 0 Å². The van der Waals surface area contributed by atoms with Crippen molar-refractivity contribution in [3.05, 3.63) is 65.7 Å². The number of aromatic hydroxyl groups is 1. The summed E-state index contributed by atoms with van der Waals surface area (Å²) in [5.41, 5.74) is 2.19. The molecule has 2 N–H and O–H groups in total. The predicted octanol–water partition coefficient (Wildman–Crippen LogP) is 5.15. The van der Waals surface area contributed by atoms with Crippen LogP contribution in [0.2, 0.25) is 0 Å². The fraction of sp³-hybridized carbons (Fsp3) is 0.429. The van der Waals surface area contributed by atoms with Gasteiger partial charge in [0.15, 0.2) is 0 Å². The number of hydrogen-bond acceptors (Lipinski definition) is 5. The Morgan fingerprint density at radius 3 is 2.39 bits per heavy atom. The number of phenols is 1. The van der Waals surface area contributed by atoms with Crippen LogP contribution in [-0.2, 0) is 6.42 Å². The first kappa shape index (κ1) is 23.4. The van der Waals surface area contributed by atoms with E-state index < -0.39 is 6.10 Å². The number of aliphatic hydroxyl groups is 1. The van der Waals surface area contributed by atoms with Crippen LogP contribution in [0.4, 0.5) is 0 Å². The molecule has 1 aliphatic rings. The standard InChI is InChI=1S/C28H35NO4/c1-21(30)20-33-28-13-8-23-19-24(31)9-12-26(23)27(28)18-22-6-10-25(11-7-22)32-17-16-29-14-4-2-3-5-15-29/h6-13,19,21,30-31H,2-5,14-18,20H2,1H3. The highest BCUT2D eigenvalue weighted by Crippen LogP contribution is 2.32. The first-order chi connectivity index (χ1) is 16.1. The second-order valence-corrected chi connectivity index (χ2v) is 9.03. The van der Waals surface area contributed by atoms with Crippen molar-refractivity contribution in [2.75, 3.05) is 32.8 Å². The Labute approximate surface area is 196 Å². The molecule has 33 heavy (non-hydrogen) atoms. The zero-order valence-electron chi connectivity index (χ0n) is 19.5. The molecular formula is C28H35NO4. The molecule has 1 unspecified atom stereocenters. The summed E-state index contributed by atoms with van der Waals surface area (Å²) in [5.74, 6) is 1.89. The molecule has 0 saturated carbocycles. The van der Waals surface area contributed by atoms with E-state index >= 15 is 0 Å². The smallest absolute Gasteiger partial charge is 0.123 e. The van der Waals surface area contributed by atoms with Crippen LogP contribution in [0.15, 0.2) is 54.6 Å². The normalized spacial score (nSPS) is 15.8. The Balaban J connectivity index is 1.44. The molecule has 0 bridgehead atoms. The van der Waals surface area contributed by atoms with Gasteiger partial charge in [0.2, 0.25) is 0 Å². The molecule has 3 aromatic carbocycles. The molecule has 176 valence electrons. The Kier molecular flexibility index (Phi) is 8.08. The van der Waals surface area contributed by atoms with E-state index in [0.717, 1.165) is 39.9 Å². The maximum absolute atomic E-state index is 9.87. The van der Waals surface area contributed by atoms with Crippen LogP contribution in [0.5, 0.6) is 17.2 Å². The highest BCUT2D eigenvalue weighted by Gasteiger charge is 2.12. The number of fused-ring (bicyclic) bond motifs is 1. The van der Waals surface area contributed by atoms with Gasteiger partial charge in [0.25, 0.3) is 0 Å². The van der Waals surface area contributed by atoms with Gasteiger partial charge in [-0.1, -0.05) is 37.1 Å². The number of rotatable bonds is 9. The summed E-state index contributed by atoms with van der Waals surface area (Å²) in [6.07, 6.45) is 5.44. The minimum Gasteiger partial charge on any atom is -0.508 e. The number of likely N-dealkylation sites (tertiary alicyclic amines) is 1. The van der Waals surface area contributed by atoms with Crippen molar-refractivity contribution in [3.8, 4) is 17.2 Å². The van der Waals surface area contributed by atoms with Crippen LogP contribution in [0, 0.1) is 0 Å². The van der Waals surface area contributed by atoms with Gasteiger partial charge in [-0.15, -0.1) is 0 Å². The van der Waals surface area contributed by atoms with Crippen LogP contribution in [-0.4, -0.2) is 54.1 Å². The van der Waals surface area contributed by atoms with Crippen LogP contribution in [0.1, 0.15) is 43.7 Å².